The first-order chi connectivity index (χ1) is 17.0. The predicted octanol–water partition coefficient (Wildman–Crippen LogP) is 4.76. The van der Waals surface area contributed by atoms with Gasteiger partial charge >= 0.3 is 11.9 Å². The second-order valence-electron chi connectivity index (χ2n) is 9.45. The highest BCUT2D eigenvalue weighted by molar-refractivity contribution is 5.98. The summed E-state index contributed by atoms with van der Waals surface area (Å²) in [5.41, 5.74) is 1.83. The van der Waals surface area contributed by atoms with Gasteiger partial charge in [-0.05, 0) is 30.2 Å². The topological polar surface area (TPSA) is 59.0 Å². The second kappa shape index (κ2) is 9.79. The number of nitrogens with one attached hydrogen (secondary N) is 1. The van der Waals surface area contributed by atoms with E-state index >= 15 is 0 Å². The summed E-state index contributed by atoms with van der Waals surface area (Å²) in [6, 6.07) is 14.5. The highest BCUT2D eigenvalue weighted by atomic mass is 19.4. The van der Waals surface area contributed by atoms with Crippen molar-refractivity contribution < 1.29 is 17.7 Å². The molecule has 0 radical (unpaired) electrons. The Morgan fingerprint density at radius 3 is 2.22 bits per heavy atom. The number of nitrogens with zero attached hydrogens (tertiary/aromatic N) is 3. The van der Waals surface area contributed by atoms with Crippen LogP contribution >= 0.6 is 0 Å². The Morgan fingerprint density at radius 2 is 1.67 bits per heavy atom. The largest absolute Gasteiger partial charge is 0.416 e. The molecule has 1 N–H and O–H groups in total. The molecule has 6 nitrogen and oxygen atoms in total. The minimum Gasteiger partial charge on any atom is -0.324 e. The van der Waals surface area contributed by atoms with E-state index in [2.05, 4.69) is 5.32 Å². The van der Waals surface area contributed by atoms with Gasteiger partial charge in [0.05, 0.1) is 5.56 Å². The minimum atomic E-state index is -4.42. The summed E-state index contributed by atoms with van der Waals surface area (Å²) < 4.78 is 44.1. The molecule has 0 spiro atoms. The van der Waals surface area contributed by atoms with E-state index in [1.807, 2.05) is 55.7 Å². The van der Waals surface area contributed by atoms with Crippen LogP contribution in [0.4, 0.5) is 18.9 Å². The van der Waals surface area contributed by atoms with Crippen molar-refractivity contribution in [1.82, 2.24) is 9.13 Å². The molecule has 36 heavy (non-hydrogen) atoms. The zero-order valence-electron chi connectivity index (χ0n) is 20.8. The van der Waals surface area contributed by atoms with E-state index in [-0.39, 0.29) is 23.7 Å². The first kappa shape index (κ1) is 25.5. The SMILES string of the molecule is CCC1=[N+](Cc2ccc(C(F)(F)F)cc2)C(Nc2ccccc2)c2c1n(CC(C)C)c(=O)n(C)c2=O. The van der Waals surface area contributed by atoms with Gasteiger partial charge in [0.15, 0.2) is 6.54 Å². The molecular formula is C27H30F3N4O2+. The van der Waals surface area contributed by atoms with Crippen molar-refractivity contribution in [3.8, 4) is 0 Å². The van der Waals surface area contributed by atoms with Crippen LogP contribution in [0.3, 0.4) is 0 Å². The quantitative estimate of drug-likeness (QED) is 0.477. The fourth-order valence-electron chi connectivity index (χ4n) is 4.73. The Morgan fingerprint density at radius 1 is 1.03 bits per heavy atom. The van der Waals surface area contributed by atoms with Gasteiger partial charge in [-0.2, -0.15) is 13.2 Å². The molecule has 0 saturated heterocycles. The monoisotopic (exact) mass is 499 g/mol. The molecule has 4 rings (SSSR count). The number of benzene rings is 2. The zero-order valence-corrected chi connectivity index (χ0v) is 20.8. The van der Waals surface area contributed by atoms with Crippen LogP contribution in [0.25, 0.3) is 0 Å². The van der Waals surface area contributed by atoms with E-state index in [0.29, 0.717) is 29.8 Å². The molecule has 0 saturated carbocycles. The van der Waals surface area contributed by atoms with Crippen LogP contribution in [0, 0.1) is 5.92 Å². The number of para-hydroxylation sites is 1. The van der Waals surface area contributed by atoms with Gasteiger partial charge in [0.25, 0.3) is 11.7 Å². The highest BCUT2D eigenvalue weighted by Gasteiger charge is 2.43. The molecule has 1 aliphatic heterocycles. The molecule has 1 unspecified atom stereocenters. The fourth-order valence-corrected chi connectivity index (χ4v) is 4.73. The predicted molar refractivity (Wildman–Crippen MR) is 133 cm³/mol. The molecule has 2 aromatic carbocycles. The van der Waals surface area contributed by atoms with Crippen LogP contribution in [0.1, 0.15) is 55.7 Å². The van der Waals surface area contributed by atoms with Gasteiger partial charge in [-0.1, -0.05) is 51.1 Å². The van der Waals surface area contributed by atoms with E-state index in [0.717, 1.165) is 28.1 Å². The number of hydrogen-bond acceptors (Lipinski definition) is 3. The second-order valence-corrected chi connectivity index (χ2v) is 9.45. The Labute approximate surface area is 207 Å². The summed E-state index contributed by atoms with van der Waals surface area (Å²) in [4.78, 5) is 26.7. The Hall–Kier alpha value is -3.62. The van der Waals surface area contributed by atoms with Crippen molar-refractivity contribution in [2.75, 3.05) is 5.32 Å². The third-order valence-electron chi connectivity index (χ3n) is 6.38. The van der Waals surface area contributed by atoms with Crippen LogP contribution in [-0.2, 0) is 26.3 Å². The summed E-state index contributed by atoms with van der Waals surface area (Å²) in [6.45, 7) is 6.66. The standard InChI is InChI=1S/C27H30F3N4O2/c1-5-21-23-22(25(35)32(4)26(36)34(23)15-17(2)3)24(31-20-9-7-6-8-10-20)33(21)16-18-11-13-19(14-12-18)27(28,29)30/h6-14,17,24,31H,5,15-16H2,1-4H3/q+1. The summed E-state index contributed by atoms with van der Waals surface area (Å²) in [6.07, 6.45) is -4.48. The van der Waals surface area contributed by atoms with E-state index in [9.17, 15) is 22.8 Å². The van der Waals surface area contributed by atoms with Crippen molar-refractivity contribution in [3.05, 3.63) is 97.8 Å². The molecule has 1 atom stereocenters. The average Bonchev–Trinajstić information content (AvgIpc) is 3.13. The van der Waals surface area contributed by atoms with Gasteiger partial charge in [0, 0.05) is 31.3 Å². The van der Waals surface area contributed by atoms with Crippen LogP contribution < -0.4 is 16.6 Å². The normalized spacial score (nSPS) is 15.5. The lowest BCUT2D eigenvalue weighted by molar-refractivity contribution is -0.577. The van der Waals surface area contributed by atoms with Crippen molar-refractivity contribution in [2.24, 2.45) is 13.0 Å². The molecule has 9 heteroatoms. The van der Waals surface area contributed by atoms with E-state index in [1.54, 1.807) is 4.57 Å². The Kier molecular flexibility index (Phi) is 6.93. The maximum absolute atomic E-state index is 13.5. The molecule has 1 aromatic heterocycles. The minimum absolute atomic E-state index is 0.159. The lowest BCUT2D eigenvalue weighted by Gasteiger charge is -2.17. The molecule has 3 aromatic rings. The number of rotatable bonds is 7. The van der Waals surface area contributed by atoms with Gasteiger partial charge in [0.1, 0.15) is 11.3 Å². The van der Waals surface area contributed by atoms with Crippen LogP contribution in [0.5, 0.6) is 0 Å². The third kappa shape index (κ3) is 4.74. The maximum Gasteiger partial charge on any atom is 0.416 e. The van der Waals surface area contributed by atoms with Crippen molar-refractivity contribution >= 4 is 11.4 Å². The van der Waals surface area contributed by atoms with Gasteiger partial charge in [-0.3, -0.25) is 13.9 Å². The van der Waals surface area contributed by atoms with Crippen LogP contribution in [-0.4, -0.2) is 19.4 Å². The fraction of sp³-hybridized carbons (Fsp3) is 0.370. The smallest absolute Gasteiger partial charge is 0.324 e. The molecule has 0 amide bonds. The molecule has 1 aliphatic rings. The van der Waals surface area contributed by atoms with Crippen LogP contribution in [0.2, 0.25) is 0 Å². The molecule has 2 heterocycles. The Bertz CT molecular complexity index is 1400. The Balaban J connectivity index is 1.91. The summed E-state index contributed by atoms with van der Waals surface area (Å²) in [5.74, 6) is 0.159. The molecular weight excluding hydrogens is 469 g/mol. The maximum atomic E-state index is 13.5. The summed E-state index contributed by atoms with van der Waals surface area (Å²) in [5, 5.41) is 3.43. The van der Waals surface area contributed by atoms with Crippen LogP contribution in [0.15, 0.2) is 64.2 Å². The highest BCUT2D eigenvalue weighted by Crippen LogP contribution is 2.32. The van der Waals surface area contributed by atoms with Crippen molar-refractivity contribution in [2.45, 2.75) is 52.6 Å². The summed E-state index contributed by atoms with van der Waals surface area (Å²) >= 11 is 0. The number of alkyl halides is 3. The number of hydrogen-bond donors (Lipinski definition) is 1. The zero-order chi connectivity index (χ0) is 26.2. The molecule has 0 aliphatic carbocycles. The first-order valence-electron chi connectivity index (χ1n) is 12.0. The van der Waals surface area contributed by atoms with Gasteiger partial charge < -0.3 is 5.32 Å². The molecule has 0 bridgehead atoms. The number of halogens is 3. The lowest BCUT2D eigenvalue weighted by Crippen LogP contribution is -2.43. The summed E-state index contributed by atoms with van der Waals surface area (Å²) in [7, 11) is 1.48. The number of anilines is 1. The first-order valence-corrected chi connectivity index (χ1v) is 12.0. The number of aromatic nitrogens is 2. The van der Waals surface area contributed by atoms with E-state index in [4.69, 9.17) is 0 Å². The van der Waals surface area contributed by atoms with Gasteiger partial charge in [-0.15, -0.1) is 0 Å². The third-order valence-corrected chi connectivity index (χ3v) is 6.38. The van der Waals surface area contributed by atoms with Gasteiger partial charge in [-0.25, -0.2) is 9.37 Å². The van der Waals surface area contributed by atoms with Crippen molar-refractivity contribution in [1.29, 1.82) is 0 Å². The van der Waals surface area contributed by atoms with Crippen molar-refractivity contribution in [3.63, 3.8) is 0 Å². The molecule has 0 fully saturated rings. The van der Waals surface area contributed by atoms with E-state index < -0.39 is 17.9 Å². The van der Waals surface area contributed by atoms with E-state index in [1.165, 1.54) is 19.2 Å². The molecule has 190 valence electrons. The lowest BCUT2D eigenvalue weighted by atomic mass is 10.1. The number of fused-ring (bicyclic) bond motifs is 1. The van der Waals surface area contributed by atoms with Gasteiger partial charge in [0.2, 0.25) is 5.71 Å². The average molecular weight is 500 g/mol.